The van der Waals surface area contributed by atoms with Crippen LogP contribution in [0.15, 0.2) is 40.6 Å². The molecule has 1 aromatic heterocycles. The summed E-state index contributed by atoms with van der Waals surface area (Å²) in [7, 11) is -3.27. The third-order valence-corrected chi connectivity index (χ3v) is 5.31. The van der Waals surface area contributed by atoms with Crippen LogP contribution in [-0.4, -0.2) is 8.42 Å². The lowest BCUT2D eigenvalue weighted by Crippen LogP contribution is -2.04. The highest BCUT2D eigenvalue weighted by Crippen LogP contribution is 2.22. The van der Waals surface area contributed by atoms with E-state index in [9.17, 15) is 8.42 Å². The Hall–Kier alpha value is -0.840. The van der Waals surface area contributed by atoms with Crippen LogP contribution in [0.5, 0.6) is 0 Å². The summed E-state index contributed by atoms with van der Waals surface area (Å²) in [4.78, 5) is 1.36. The van der Waals surface area contributed by atoms with Gasteiger partial charge in [0.15, 0.2) is 9.84 Å². The average Bonchev–Trinajstić information content (AvgIpc) is 2.64. The first-order valence-corrected chi connectivity index (χ1v) is 7.91. The van der Waals surface area contributed by atoms with Crippen LogP contribution in [0.2, 0.25) is 5.02 Å². The van der Waals surface area contributed by atoms with E-state index in [4.69, 9.17) is 11.6 Å². The average molecular weight is 287 g/mol. The lowest BCUT2D eigenvalue weighted by Gasteiger charge is -2.04. The molecule has 0 aliphatic heterocycles. The summed E-state index contributed by atoms with van der Waals surface area (Å²) in [5.74, 6) is 0.0456. The van der Waals surface area contributed by atoms with Crippen molar-refractivity contribution in [2.75, 3.05) is 0 Å². The van der Waals surface area contributed by atoms with E-state index in [0.717, 1.165) is 10.4 Å². The van der Waals surface area contributed by atoms with E-state index in [-0.39, 0.29) is 5.75 Å². The molecule has 1 heterocycles. The molecular formula is C12H11ClO2S2. The number of rotatable bonds is 3. The van der Waals surface area contributed by atoms with Crippen molar-refractivity contribution in [2.45, 2.75) is 17.6 Å². The minimum atomic E-state index is -3.27. The van der Waals surface area contributed by atoms with E-state index in [2.05, 4.69) is 0 Å². The largest absolute Gasteiger partial charge is 0.223 e. The molecule has 0 aliphatic carbocycles. The first kappa shape index (κ1) is 12.6. The summed E-state index contributed by atoms with van der Waals surface area (Å²) < 4.78 is 24.2. The zero-order valence-corrected chi connectivity index (χ0v) is 11.6. The summed E-state index contributed by atoms with van der Waals surface area (Å²) in [6.45, 7) is 1.93. The summed E-state index contributed by atoms with van der Waals surface area (Å²) in [6.07, 6.45) is 0. The lowest BCUT2D eigenvalue weighted by molar-refractivity contribution is 0.595. The predicted octanol–water partition coefficient (Wildman–Crippen LogP) is 3.68. The molecule has 0 amide bonds. The highest BCUT2D eigenvalue weighted by Gasteiger charge is 2.16. The maximum absolute atomic E-state index is 12.1. The van der Waals surface area contributed by atoms with Crippen molar-refractivity contribution in [3.05, 3.63) is 51.2 Å². The first-order chi connectivity index (χ1) is 7.99. The Kier molecular flexibility index (Phi) is 3.56. The molecule has 0 fully saturated rings. The number of hydrogen-bond acceptors (Lipinski definition) is 3. The second kappa shape index (κ2) is 4.80. The van der Waals surface area contributed by atoms with Gasteiger partial charge in [0.2, 0.25) is 0 Å². The smallest absolute Gasteiger partial charge is 0.182 e. The zero-order valence-electron chi connectivity index (χ0n) is 9.18. The number of halogens is 1. The van der Waals surface area contributed by atoms with Crippen LogP contribution < -0.4 is 0 Å². The van der Waals surface area contributed by atoms with Gasteiger partial charge in [-0.25, -0.2) is 8.42 Å². The second-order valence-corrected chi connectivity index (χ2v) is 7.26. The van der Waals surface area contributed by atoms with E-state index in [1.165, 1.54) is 0 Å². The van der Waals surface area contributed by atoms with Crippen molar-refractivity contribution in [3.8, 4) is 0 Å². The van der Waals surface area contributed by atoms with Gasteiger partial charge in [0.05, 0.1) is 10.6 Å². The van der Waals surface area contributed by atoms with E-state index in [1.807, 2.05) is 18.4 Å². The van der Waals surface area contributed by atoms with Crippen LogP contribution in [0, 0.1) is 6.92 Å². The van der Waals surface area contributed by atoms with Crippen LogP contribution >= 0.6 is 22.9 Å². The Morgan fingerprint density at radius 1 is 1.18 bits per heavy atom. The summed E-state index contributed by atoms with van der Waals surface area (Å²) in [5, 5.41) is 2.44. The van der Waals surface area contributed by atoms with Gasteiger partial charge in [-0.2, -0.15) is 0 Å². The van der Waals surface area contributed by atoms with E-state index in [1.54, 1.807) is 35.6 Å². The molecule has 2 nitrogen and oxygen atoms in total. The van der Waals surface area contributed by atoms with Gasteiger partial charge in [0.1, 0.15) is 0 Å². The molecular weight excluding hydrogens is 276 g/mol. The standard InChI is InChI=1S/C12H11ClO2S2/c1-9-10(6-7-16-9)8-17(14,15)12-4-2-11(13)3-5-12/h2-7H,8H2,1H3. The number of aryl methyl sites for hydroxylation is 1. The highest BCUT2D eigenvalue weighted by molar-refractivity contribution is 7.90. The molecule has 2 rings (SSSR count). The van der Waals surface area contributed by atoms with Crippen molar-refractivity contribution in [2.24, 2.45) is 0 Å². The van der Waals surface area contributed by atoms with Crippen molar-refractivity contribution in [3.63, 3.8) is 0 Å². The SMILES string of the molecule is Cc1sccc1CS(=O)(=O)c1ccc(Cl)cc1. The van der Waals surface area contributed by atoms with Gasteiger partial charge in [0, 0.05) is 9.90 Å². The van der Waals surface area contributed by atoms with Crippen molar-refractivity contribution < 1.29 is 8.42 Å². The van der Waals surface area contributed by atoms with Gasteiger partial charge in [-0.15, -0.1) is 11.3 Å². The zero-order chi connectivity index (χ0) is 12.5. The molecule has 2 aromatic rings. The maximum Gasteiger partial charge on any atom is 0.182 e. The third kappa shape index (κ3) is 2.89. The second-order valence-electron chi connectivity index (χ2n) is 3.72. The Morgan fingerprint density at radius 2 is 1.82 bits per heavy atom. The summed E-state index contributed by atoms with van der Waals surface area (Å²) in [5.41, 5.74) is 0.866. The molecule has 0 radical (unpaired) electrons. The van der Waals surface area contributed by atoms with Crippen molar-refractivity contribution >= 4 is 32.8 Å². The first-order valence-electron chi connectivity index (χ1n) is 5.00. The molecule has 0 spiro atoms. The van der Waals surface area contributed by atoms with E-state index < -0.39 is 9.84 Å². The monoisotopic (exact) mass is 286 g/mol. The fourth-order valence-electron chi connectivity index (χ4n) is 1.49. The van der Waals surface area contributed by atoms with Crippen LogP contribution in [-0.2, 0) is 15.6 Å². The predicted molar refractivity (Wildman–Crippen MR) is 71.4 cm³/mol. The number of sulfone groups is 1. The molecule has 0 bridgehead atoms. The number of hydrogen-bond donors (Lipinski definition) is 0. The minimum Gasteiger partial charge on any atom is -0.223 e. The quantitative estimate of drug-likeness (QED) is 0.862. The fourth-order valence-corrected chi connectivity index (χ4v) is 3.88. The number of benzene rings is 1. The number of thiophene rings is 1. The van der Waals surface area contributed by atoms with Crippen LogP contribution in [0.1, 0.15) is 10.4 Å². The van der Waals surface area contributed by atoms with Crippen molar-refractivity contribution in [1.82, 2.24) is 0 Å². The summed E-state index contributed by atoms with van der Waals surface area (Å²) >= 11 is 7.29. The minimum absolute atomic E-state index is 0.0456. The highest BCUT2D eigenvalue weighted by atomic mass is 35.5. The normalized spacial score (nSPS) is 11.6. The Labute approximate surface area is 110 Å². The van der Waals surface area contributed by atoms with Crippen LogP contribution in [0.3, 0.4) is 0 Å². The maximum atomic E-state index is 12.1. The van der Waals surface area contributed by atoms with E-state index >= 15 is 0 Å². The molecule has 0 unspecified atom stereocenters. The van der Waals surface area contributed by atoms with Crippen molar-refractivity contribution in [1.29, 1.82) is 0 Å². The summed E-state index contributed by atoms with van der Waals surface area (Å²) in [6, 6.07) is 8.12. The third-order valence-electron chi connectivity index (χ3n) is 2.48. The molecule has 5 heteroatoms. The lowest BCUT2D eigenvalue weighted by atomic mass is 10.3. The van der Waals surface area contributed by atoms with Gasteiger partial charge in [-0.3, -0.25) is 0 Å². The molecule has 1 aromatic carbocycles. The van der Waals surface area contributed by atoms with Gasteiger partial charge in [-0.05, 0) is 48.2 Å². The molecule has 0 saturated carbocycles. The van der Waals surface area contributed by atoms with Crippen LogP contribution in [0.4, 0.5) is 0 Å². The molecule has 0 atom stereocenters. The van der Waals surface area contributed by atoms with Gasteiger partial charge in [0.25, 0.3) is 0 Å². The Bertz CT molecular complexity index is 612. The van der Waals surface area contributed by atoms with Crippen LogP contribution in [0.25, 0.3) is 0 Å². The molecule has 17 heavy (non-hydrogen) atoms. The topological polar surface area (TPSA) is 34.1 Å². The van der Waals surface area contributed by atoms with Gasteiger partial charge in [-0.1, -0.05) is 11.6 Å². The molecule has 0 aliphatic rings. The Balaban J connectivity index is 2.31. The fraction of sp³-hybridized carbons (Fsp3) is 0.167. The molecule has 90 valence electrons. The van der Waals surface area contributed by atoms with E-state index in [0.29, 0.717) is 9.92 Å². The van der Waals surface area contributed by atoms with Gasteiger partial charge < -0.3 is 0 Å². The Morgan fingerprint density at radius 3 is 2.35 bits per heavy atom. The molecule has 0 saturated heterocycles. The molecule has 0 N–H and O–H groups in total. The van der Waals surface area contributed by atoms with Gasteiger partial charge >= 0.3 is 0 Å².